The SMILES string of the molecule is COc1ccc(CNc2cccc(CCC(=O)O)c2)cc1OC(F)F. The van der Waals surface area contributed by atoms with Crippen molar-refractivity contribution in [1.82, 2.24) is 0 Å². The summed E-state index contributed by atoms with van der Waals surface area (Å²) in [6.07, 6.45) is 0.510. The molecule has 0 spiro atoms. The topological polar surface area (TPSA) is 67.8 Å². The Balaban J connectivity index is 2.03. The molecule has 0 saturated carbocycles. The van der Waals surface area contributed by atoms with Gasteiger partial charge in [-0.25, -0.2) is 0 Å². The highest BCUT2D eigenvalue weighted by Gasteiger charge is 2.11. The Kier molecular flexibility index (Phi) is 6.56. The highest BCUT2D eigenvalue weighted by molar-refractivity contribution is 5.67. The summed E-state index contributed by atoms with van der Waals surface area (Å²) in [5.41, 5.74) is 2.46. The smallest absolute Gasteiger partial charge is 0.387 e. The number of carbonyl (C=O) groups is 1. The number of rotatable bonds is 9. The number of carboxylic acids is 1. The average Bonchev–Trinajstić information content (AvgIpc) is 2.58. The maximum absolute atomic E-state index is 12.5. The number of aliphatic carboxylic acids is 1. The fourth-order valence-corrected chi connectivity index (χ4v) is 2.31. The third-order valence-corrected chi connectivity index (χ3v) is 3.50. The average molecular weight is 351 g/mol. The van der Waals surface area contributed by atoms with Crippen molar-refractivity contribution in [3.8, 4) is 11.5 Å². The van der Waals surface area contributed by atoms with Crippen LogP contribution in [0.2, 0.25) is 0 Å². The summed E-state index contributed by atoms with van der Waals surface area (Å²) in [5.74, 6) is -0.630. The number of anilines is 1. The van der Waals surface area contributed by atoms with Crippen LogP contribution in [-0.4, -0.2) is 24.8 Å². The summed E-state index contributed by atoms with van der Waals surface area (Å²) < 4.78 is 34.4. The fourth-order valence-electron chi connectivity index (χ4n) is 2.31. The minimum atomic E-state index is -2.93. The molecule has 0 aliphatic heterocycles. The Morgan fingerprint density at radius 3 is 2.64 bits per heavy atom. The van der Waals surface area contributed by atoms with Gasteiger partial charge in [-0.1, -0.05) is 18.2 Å². The lowest BCUT2D eigenvalue weighted by molar-refractivity contribution is -0.136. The molecule has 0 radical (unpaired) electrons. The van der Waals surface area contributed by atoms with Crippen molar-refractivity contribution in [2.45, 2.75) is 26.0 Å². The van der Waals surface area contributed by atoms with E-state index < -0.39 is 12.6 Å². The van der Waals surface area contributed by atoms with E-state index in [0.29, 0.717) is 13.0 Å². The number of halogens is 2. The molecule has 2 aromatic carbocycles. The van der Waals surface area contributed by atoms with Gasteiger partial charge in [0.2, 0.25) is 0 Å². The highest BCUT2D eigenvalue weighted by Crippen LogP contribution is 2.29. The zero-order valence-electron chi connectivity index (χ0n) is 13.7. The predicted octanol–water partition coefficient (Wildman–Crippen LogP) is 3.93. The van der Waals surface area contributed by atoms with Crippen LogP contribution in [0, 0.1) is 0 Å². The second-order valence-corrected chi connectivity index (χ2v) is 5.31. The lowest BCUT2D eigenvalue weighted by Gasteiger charge is -2.13. The summed E-state index contributed by atoms with van der Waals surface area (Å²) in [6, 6.07) is 12.2. The number of carboxylic acid groups (broad SMARTS) is 1. The van der Waals surface area contributed by atoms with Gasteiger partial charge in [-0.3, -0.25) is 4.79 Å². The Morgan fingerprint density at radius 2 is 1.96 bits per heavy atom. The van der Waals surface area contributed by atoms with Crippen LogP contribution in [0.5, 0.6) is 11.5 Å². The van der Waals surface area contributed by atoms with Gasteiger partial charge in [0.15, 0.2) is 11.5 Å². The molecule has 2 rings (SSSR count). The molecule has 0 aliphatic rings. The van der Waals surface area contributed by atoms with Gasteiger partial charge in [0.05, 0.1) is 7.11 Å². The van der Waals surface area contributed by atoms with Gasteiger partial charge >= 0.3 is 12.6 Å². The normalized spacial score (nSPS) is 10.6. The minimum Gasteiger partial charge on any atom is -0.493 e. The summed E-state index contributed by atoms with van der Waals surface area (Å²) in [7, 11) is 1.38. The van der Waals surface area contributed by atoms with Gasteiger partial charge in [-0.05, 0) is 41.8 Å². The van der Waals surface area contributed by atoms with Crippen molar-refractivity contribution in [3.63, 3.8) is 0 Å². The van der Waals surface area contributed by atoms with Crippen LogP contribution in [-0.2, 0) is 17.8 Å². The predicted molar refractivity (Wildman–Crippen MR) is 89.4 cm³/mol. The molecular formula is C18H19F2NO4. The maximum atomic E-state index is 12.5. The number of hydrogen-bond acceptors (Lipinski definition) is 4. The van der Waals surface area contributed by atoms with E-state index in [-0.39, 0.29) is 17.9 Å². The van der Waals surface area contributed by atoms with Crippen LogP contribution in [0.15, 0.2) is 42.5 Å². The maximum Gasteiger partial charge on any atom is 0.387 e. The third kappa shape index (κ3) is 5.95. The second kappa shape index (κ2) is 8.86. The van der Waals surface area contributed by atoms with E-state index in [1.807, 2.05) is 24.3 Å². The molecule has 0 bridgehead atoms. The van der Waals surface area contributed by atoms with E-state index >= 15 is 0 Å². The second-order valence-electron chi connectivity index (χ2n) is 5.31. The summed E-state index contributed by atoms with van der Waals surface area (Å²) in [4.78, 5) is 10.6. The van der Waals surface area contributed by atoms with E-state index in [2.05, 4.69) is 10.1 Å². The molecule has 0 atom stereocenters. The molecule has 0 amide bonds. The molecule has 25 heavy (non-hydrogen) atoms. The lowest BCUT2D eigenvalue weighted by Crippen LogP contribution is -2.05. The van der Waals surface area contributed by atoms with E-state index in [0.717, 1.165) is 16.8 Å². The summed E-state index contributed by atoms with van der Waals surface area (Å²) in [6.45, 7) is -2.53. The quantitative estimate of drug-likeness (QED) is 0.717. The van der Waals surface area contributed by atoms with Gasteiger partial charge < -0.3 is 19.9 Å². The first-order valence-corrected chi connectivity index (χ1v) is 7.64. The molecule has 7 heteroatoms. The monoisotopic (exact) mass is 351 g/mol. The summed E-state index contributed by atoms with van der Waals surface area (Å²) >= 11 is 0. The van der Waals surface area contributed by atoms with Crippen molar-refractivity contribution in [2.75, 3.05) is 12.4 Å². The summed E-state index contributed by atoms with van der Waals surface area (Å²) in [5, 5.41) is 11.9. The molecular weight excluding hydrogens is 332 g/mol. The lowest BCUT2D eigenvalue weighted by atomic mass is 10.1. The molecule has 0 fully saturated rings. The highest BCUT2D eigenvalue weighted by atomic mass is 19.3. The standard InChI is InChI=1S/C18H19F2NO4/c1-24-15-7-5-13(10-16(15)25-18(19)20)11-21-14-4-2-3-12(9-14)6-8-17(22)23/h2-5,7,9-10,18,21H,6,8,11H2,1H3,(H,22,23). The molecule has 0 saturated heterocycles. The zero-order valence-corrected chi connectivity index (χ0v) is 13.7. The van der Waals surface area contributed by atoms with Crippen LogP contribution >= 0.6 is 0 Å². The number of hydrogen-bond donors (Lipinski definition) is 2. The fraction of sp³-hybridized carbons (Fsp3) is 0.278. The number of nitrogens with one attached hydrogen (secondary N) is 1. The van der Waals surface area contributed by atoms with E-state index in [9.17, 15) is 13.6 Å². The Bertz CT molecular complexity index is 722. The number of benzene rings is 2. The Labute approximate surface area is 144 Å². The largest absolute Gasteiger partial charge is 0.493 e. The van der Waals surface area contributed by atoms with Gasteiger partial charge in [0.1, 0.15) is 0 Å². The molecule has 134 valence electrons. The van der Waals surface area contributed by atoms with Gasteiger partial charge in [-0.15, -0.1) is 0 Å². The molecule has 2 N–H and O–H groups in total. The van der Waals surface area contributed by atoms with Crippen LogP contribution in [0.3, 0.4) is 0 Å². The number of alkyl halides is 2. The van der Waals surface area contributed by atoms with Crippen LogP contribution in [0.4, 0.5) is 14.5 Å². The molecule has 0 aliphatic carbocycles. The Morgan fingerprint density at radius 1 is 1.16 bits per heavy atom. The molecule has 5 nitrogen and oxygen atoms in total. The van der Waals surface area contributed by atoms with Crippen molar-refractivity contribution in [1.29, 1.82) is 0 Å². The van der Waals surface area contributed by atoms with Crippen LogP contribution < -0.4 is 14.8 Å². The van der Waals surface area contributed by atoms with Crippen molar-refractivity contribution in [3.05, 3.63) is 53.6 Å². The van der Waals surface area contributed by atoms with Crippen molar-refractivity contribution < 1.29 is 28.2 Å². The number of ether oxygens (including phenoxy) is 2. The Hall–Kier alpha value is -2.83. The first-order chi connectivity index (χ1) is 12.0. The molecule has 2 aromatic rings. The van der Waals surface area contributed by atoms with E-state index in [1.54, 1.807) is 12.1 Å². The molecule has 0 heterocycles. The van der Waals surface area contributed by atoms with E-state index in [1.165, 1.54) is 13.2 Å². The molecule has 0 aromatic heterocycles. The van der Waals surface area contributed by atoms with Crippen molar-refractivity contribution in [2.24, 2.45) is 0 Å². The van der Waals surface area contributed by atoms with E-state index in [4.69, 9.17) is 9.84 Å². The molecule has 0 unspecified atom stereocenters. The first-order valence-electron chi connectivity index (χ1n) is 7.64. The minimum absolute atomic E-state index is 0.0213. The number of aryl methyl sites for hydroxylation is 1. The first kappa shape index (κ1) is 18.5. The van der Waals surface area contributed by atoms with Gasteiger partial charge in [0.25, 0.3) is 0 Å². The third-order valence-electron chi connectivity index (χ3n) is 3.50. The van der Waals surface area contributed by atoms with Crippen LogP contribution in [0.1, 0.15) is 17.5 Å². The van der Waals surface area contributed by atoms with Crippen LogP contribution in [0.25, 0.3) is 0 Å². The van der Waals surface area contributed by atoms with Gasteiger partial charge in [-0.2, -0.15) is 8.78 Å². The number of methoxy groups -OCH3 is 1. The zero-order chi connectivity index (χ0) is 18.2. The van der Waals surface area contributed by atoms with Gasteiger partial charge in [0, 0.05) is 18.7 Å². The van der Waals surface area contributed by atoms with Crippen molar-refractivity contribution >= 4 is 11.7 Å².